The molecule has 1 aromatic rings. The molecule has 5 rings (SSSR count). The Morgan fingerprint density at radius 3 is 2.45 bits per heavy atom. The zero-order valence-electron chi connectivity index (χ0n) is 28.9. The van der Waals surface area contributed by atoms with Crippen molar-refractivity contribution in [2.24, 2.45) is 51.2 Å². The van der Waals surface area contributed by atoms with E-state index < -0.39 is 5.97 Å². The fraction of sp³-hybridized carbons (Fsp3) is 0.725. The second kappa shape index (κ2) is 12.7. The topological polar surface area (TPSA) is 58.6 Å². The third kappa shape index (κ3) is 5.76. The molecule has 44 heavy (non-hydrogen) atoms. The van der Waals surface area contributed by atoms with E-state index >= 15 is 0 Å². The van der Waals surface area contributed by atoms with Gasteiger partial charge in [0.2, 0.25) is 0 Å². The summed E-state index contributed by atoms with van der Waals surface area (Å²) < 4.78 is 5.37. The van der Waals surface area contributed by atoms with Crippen molar-refractivity contribution < 1.29 is 14.6 Å². The van der Waals surface area contributed by atoms with Gasteiger partial charge in [-0.3, -0.25) is 0 Å². The Kier molecular flexibility index (Phi) is 9.66. The van der Waals surface area contributed by atoms with Crippen LogP contribution in [0.4, 0.5) is 0 Å². The number of allylic oxidation sites excluding steroid dienone is 3. The minimum absolute atomic E-state index is 0.0415. The van der Waals surface area contributed by atoms with Crippen molar-refractivity contribution in [2.45, 2.75) is 106 Å². The van der Waals surface area contributed by atoms with Crippen molar-refractivity contribution in [2.75, 3.05) is 26.8 Å². The zero-order valence-corrected chi connectivity index (χ0v) is 28.9. The molecule has 4 aliphatic rings. The van der Waals surface area contributed by atoms with Crippen LogP contribution in [-0.2, 0) is 4.74 Å². The van der Waals surface area contributed by atoms with Gasteiger partial charge in [-0.15, -0.1) is 0 Å². The van der Waals surface area contributed by atoms with Gasteiger partial charge in [-0.2, -0.15) is 0 Å². The van der Waals surface area contributed by atoms with Crippen LogP contribution in [0.5, 0.6) is 0 Å². The highest BCUT2D eigenvalue weighted by Crippen LogP contribution is 2.71. The van der Waals surface area contributed by atoms with E-state index in [-0.39, 0.29) is 5.41 Å². The van der Waals surface area contributed by atoms with Crippen LogP contribution in [0.3, 0.4) is 0 Å². The number of benzene rings is 1. The lowest BCUT2D eigenvalue weighted by Gasteiger charge is -2.64. The summed E-state index contributed by atoms with van der Waals surface area (Å²) in [5, 5.41) is 13.2. The van der Waals surface area contributed by atoms with Crippen molar-refractivity contribution in [1.82, 2.24) is 5.32 Å². The van der Waals surface area contributed by atoms with Crippen molar-refractivity contribution in [3.8, 4) is 0 Å². The molecule has 4 nitrogen and oxygen atoms in total. The number of fused-ring (bicyclic) bond motifs is 3. The zero-order chi connectivity index (χ0) is 31.9. The third-order valence-corrected chi connectivity index (χ3v) is 14.2. The molecular weight excluding hydrogens is 542 g/mol. The average molecular weight is 604 g/mol. The fourth-order valence-electron chi connectivity index (χ4n) is 11.4. The summed E-state index contributed by atoms with van der Waals surface area (Å²) >= 11 is 0. The highest BCUT2D eigenvalue weighted by atomic mass is 16.5. The summed E-state index contributed by atoms with van der Waals surface area (Å²) in [6, 6.07) is 7.58. The lowest BCUT2D eigenvalue weighted by Crippen LogP contribution is -2.58. The van der Waals surface area contributed by atoms with Gasteiger partial charge < -0.3 is 15.2 Å². The van der Waals surface area contributed by atoms with Gasteiger partial charge in [-0.05, 0) is 139 Å². The molecule has 0 radical (unpaired) electrons. The molecule has 8 unspecified atom stereocenters. The van der Waals surface area contributed by atoms with Crippen molar-refractivity contribution in [1.29, 1.82) is 0 Å². The van der Waals surface area contributed by atoms with E-state index in [4.69, 9.17) is 4.74 Å². The van der Waals surface area contributed by atoms with Crippen LogP contribution in [-0.4, -0.2) is 37.9 Å². The predicted octanol–water partition coefficient (Wildman–Crippen LogP) is 9.66. The second-order valence-electron chi connectivity index (χ2n) is 16.6. The molecule has 0 saturated heterocycles. The van der Waals surface area contributed by atoms with Gasteiger partial charge in [0.05, 0.1) is 12.2 Å². The molecular formula is C40H61NO3. The van der Waals surface area contributed by atoms with Crippen molar-refractivity contribution >= 4 is 11.5 Å². The average Bonchev–Trinajstić information content (AvgIpc) is 3.36. The standard InChI is InChI=1S/C40H61NO3/c1-27(2)31-17-21-40(26-41-24-25-44-8)23-22-39(7)34(35(31)40)10-9-19-38(39,6)20-18-32-28(3)11-16-33(37(32,4)5)29-12-14-30(15-13-29)36(42)43/h12-16,28,31-32,34-35,41H,1,9-11,17-26H2,2-8H3,(H,42,43). The molecule has 0 amide bonds. The Labute approximate surface area is 268 Å². The summed E-state index contributed by atoms with van der Waals surface area (Å²) in [6.07, 6.45) is 15.5. The number of ether oxygens (including phenoxy) is 1. The van der Waals surface area contributed by atoms with Gasteiger partial charge in [0, 0.05) is 20.2 Å². The number of methoxy groups -OCH3 is 1. The first-order valence-electron chi connectivity index (χ1n) is 17.7. The van der Waals surface area contributed by atoms with Crippen LogP contribution in [0.2, 0.25) is 0 Å². The minimum Gasteiger partial charge on any atom is -0.478 e. The van der Waals surface area contributed by atoms with Gasteiger partial charge >= 0.3 is 5.97 Å². The molecule has 1 aromatic carbocycles. The summed E-state index contributed by atoms with van der Waals surface area (Å²) in [5.41, 5.74) is 5.50. The quantitative estimate of drug-likeness (QED) is 0.195. The van der Waals surface area contributed by atoms with Gasteiger partial charge in [0.15, 0.2) is 0 Å². The maximum atomic E-state index is 11.5. The first-order chi connectivity index (χ1) is 20.8. The molecule has 3 saturated carbocycles. The smallest absolute Gasteiger partial charge is 0.335 e. The molecule has 0 aromatic heterocycles. The van der Waals surface area contributed by atoms with Crippen LogP contribution in [0.15, 0.2) is 42.5 Å². The minimum atomic E-state index is -0.859. The summed E-state index contributed by atoms with van der Waals surface area (Å²) in [5.74, 6) is 2.54. The van der Waals surface area contributed by atoms with E-state index in [9.17, 15) is 9.90 Å². The number of aromatic carboxylic acids is 1. The molecule has 0 spiro atoms. The van der Waals surface area contributed by atoms with Crippen LogP contribution in [0.1, 0.15) is 122 Å². The van der Waals surface area contributed by atoms with Crippen LogP contribution in [0.25, 0.3) is 5.57 Å². The maximum Gasteiger partial charge on any atom is 0.335 e. The van der Waals surface area contributed by atoms with Gasteiger partial charge in [-0.25, -0.2) is 4.79 Å². The Hall–Kier alpha value is -1.91. The molecule has 0 aliphatic heterocycles. The van der Waals surface area contributed by atoms with E-state index in [2.05, 4.69) is 59.5 Å². The summed E-state index contributed by atoms with van der Waals surface area (Å²) in [6.45, 7) is 22.4. The van der Waals surface area contributed by atoms with Gasteiger partial charge in [0.1, 0.15) is 0 Å². The van der Waals surface area contributed by atoms with Crippen molar-refractivity contribution in [3.63, 3.8) is 0 Å². The SMILES string of the molecule is C=C(C)C1CCC2(CNCCOC)CCC3(C)C(CCCC3(C)CCC3C(C)CC=C(c4ccc(C(=O)O)cc4)C3(C)C)C12. The number of carbonyl (C=O) groups is 1. The van der Waals surface area contributed by atoms with E-state index in [0.29, 0.717) is 39.6 Å². The Balaban J connectivity index is 1.37. The molecule has 2 N–H and O–H groups in total. The number of carboxylic acids is 1. The predicted molar refractivity (Wildman–Crippen MR) is 183 cm³/mol. The number of rotatable bonds is 11. The van der Waals surface area contributed by atoms with Crippen LogP contribution in [0, 0.1) is 51.2 Å². The van der Waals surface area contributed by atoms with Crippen molar-refractivity contribution in [3.05, 3.63) is 53.6 Å². The summed E-state index contributed by atoms with van der Waals surface area (Å²) in [7, 11) is 1.80. The monoisotopic (exact) mass is 603 g/mol. The Morgan fingerprint density at radius 1 is 1.07 bits per heavy atom. The number of carboxylic acid groups (broad SMARTS) is 1. The molecule has 3 fully saturated rings. The van der Waals surface area contributed by atoms with Gasteiger partial charge in [-0.1, -0.05) is 71.4 Å². The first-order valence-corrected chi connectivity index (χ1v) is 17.7. The number of hydrogen-bond donors (Lipinski definition) is 2. The van der Waals surface area contributed by atoms with E-state index in [1.54, 1.807) is 19.2 Å². The second-order valence-corrected chi connectivity index (χ2v) is 16.6. The van der Waals surface area contributed by atoms with Gasteiger partial charge in [0.25, 0.3) is 0 Å². The molecule has 4 heteroatoms. The fourth-order valence-corrected chi connectivity index (χ4v) is 11.4. The number of hydrogen-bond acceptors (Lipinski definition) is 3. The molecule has 244 valence electrons. The molecule has 0 heterocycles. The Bertz CT molecular complexity index is 1230. The first kappa shape index (κ1) is 33.5. The highest BCUT2D eigenvalue weighted by molar-refractivity contribution is 5.88. The lowest BCUT2D eigenvalue weighted by atomic mass is 9.41. The van der Waals surface area contributed by atoms with E-state index in [1.165, 1.54) is 74.5 Å². The van der Waals surface area contributed by atoms with Crippen LogP contribution < -0.4 is 5.32 Å². The Morgan fingerprint density at radius 2 is 1.80 bits per heavy atom. The van der Waals surface area contributed by atoms with Crippen LogP contribution >= 0.6 is 0 Å². The van der Waals surface area contributed by atoms with E-state index in [0.717, 1.165) is 38.0 Å². The molecule has 0 bridgehead atoms. The molecule has 4 aliphatic carbocycles. The van der Waals surface area contributed by atoms with E-state index in [1.807, 2.05) is 12.1 Å². The third-order valence-electron chi connectivity index (χ3n) is 14.2. The highest BCUT2D eigenvalue weighted by Gasteiger charge is 2.63. The summed E-state index contributed by atoms with van der Waals surface area (Å²) in [4.78, 5) is 11.5. The maximum absolute atomic E-state index is 11.5. The lowest BCUT2D eigenvalue weighted by molar-refractivity contribution is -0.143. The largest absolute Gasteiger partial charge is 0.478 e. The molecule has 8 atom stereocenters. The normalized spacial score (nSPS) is 38.0. The number of nitrogens with one attached hydrogen (secondary N) is 1.